The number of hydrogen-bond acceptors (Lipinski definition) is 11. The number of carbonyl (C=O) groups excluding carboxylic acids is 8. The summed E-state index contributed by atoms with van der Waals surface area (Å²) in [6.07, 6.45) is 10.5. The normalized spacial score (nSPS) is 31.6. The van der Waals surface area contributed by atoms with E-state index in [2.05, 4.69) is 18.8 Å². The first-order valence-corrected chi connectivity index (χ1v) is 22.7. The Balaban J connectivity index is 0.000000299. The monoisotopic (exact) mass is 838 g/mol. The minimum absolute atomic E-state index is 0.00816. The summed E-state index contributed by atoms with van der Waals surface area (Å²) in [4.78, 5) is 109. The van der Waals surface area contributed by atoms with Crippen molar-refractivity contribution in [2.45, 2.75) is 176 Å². The summed E-state index contributed by atoms with van der Waals surface area (Å²) in [6, 6.07) is -1.05. The van der Waals surface area contributed by atoms with E-state index in [0.717, 1.165) is 57.8 Å². The van der Waals surface area contributed by atoms with Crippen molar-refractivity contribution < 1.29 is 47.8 Å². The molecule has 0 aromatic heterocycles. The number of Topliss-reactive ketones (excluding diaryl/α,β-unsaturated/α-hetero) is 3. The number of rotatable bonds is 9. The van der Waals surface area contributed by atoms with Gasteiger partial charge in [0.15, 0.2) is 11.6 Å². The van der Waals surface area contributed by atoms with E-state index >= 15 is 0 Å². The maximum absolute atomic E-state index is 14.2. The Hall–Kier alpha value is -3.57. The van der Waals surface area contributed by atoms with Gasteiger partial charge in [0.25, 0.3) is 0 Å². The topological polar surface area (TPSA) is 174 Å². The van der Waals surface area contributed by atoms with Crippen molar-refractivity contribution in [1.29, 1.82) is 0 Å². The van der Waals surface area contributed by atoms with E-state index in [9.17, 15) is 38.4 Å². The highest BCUT2D eigenvalue weighted by Crippen LogP contribution is 2.65. The predicted octanol–water partition coefficient (Wildman–Crippen LogP) is 6.61. The van der Waals surface area contributed by atoms with Crippen LogP contribution in [0.4, 0.5) is 0 Å². The van der Waals surface area contributed by atoms with Crippen molar-refractivity contribution in [1.82, 2.24) is 9.80 Å². The molecule has 0 radical (unpaired) electrons. The second kappa shape index (κ2) is 19.2. The average Bonchev–Trinajstić information content (AvgIpc) is 3.89. The van der Waals surface area contributed by atoms with Gasteiger partial charge in [-0.05, 0) is 101 Å². The number of aliphatic imine (C=N–C) groups is 1. The Morgan fingerprint density at radius 2 is 1.48 bits per heavy atom. The van der Waals surface area contributed by atoms with Gasteiger partial charge >= 0.3 is 5.97 Å². The van der Waals surface area contributed by atoms with Crippen LogP contribution in [0.25, 0.3) is 0 Å². The van der Waals surface area contributed by atoms with Gasteiger partial charge in [0.1, 0.15) is 5.60 Å². The first kappa shape index (κ1) is 47.5. The number of likely N-dealkylation sites (tertiary alicyclic amines) is 1. The number of ketones is 3. The number of imide groups is 1. The molecular weight excluding hydrogens is 767 g/mol. The van der Waals surface area contributed by atoms with Crippen molar-refractivity contribution in [2.75, 3.05) is 19.7 Å². The lowest BCUT2D eigenvalue weighted by molar-refractivity contribution is -0.162. The van der Waals surface area contributed by atoms with Crippen molar-refractivity contribution in [3.8, 4) is 0 Å². The highest BCUT2D eigenvalue weighted by Gasteiger charge is 2.69. The molecule has 3 saturated carbocycles. The van der Waals surface area contributed by atoms with Crippen LogP contribution in [-0.2, 0) is 47.8 Å². The molecule has 3 aliphatic carbocycles. The lowest BCUT2D eigenvalue weighted by atomic mass is 9.85. The number of hydrogen-bond donors (Lipinski definition) is 0. The van der Waals surface area contributed by atoms with Crippen LogP contribution in [0.1, 0.15) is 152 Å². The molecule has 60 heavy (non-hydrogen) atoms. The Morgan fingerprint density at radius 1 is 0.867 bits per heavy atom. The molecule has 9 atom stereocenters. The molecule has 0 N–H and O–H groups in total. The molecule has 2 unspecified atom stereocenters. The van der Waals surface area contributed by atoms with Gasteiger partial charge in [0, 0.05) is 43.7 Å². The third-order valence-corrected chi connectivity index (χ3v) is 14.1. The molecule has 3 saturated heterocycles. The molecule has 13 heteroatoms. The van der Waals surface area contributed by atoms with Crippen molar-refractivity contribution >= 4 is 47.1 Å². The predicted molar refractivity (Wildman–Crippen MR) is 223 cm³/mol. The van der Waals surface area contributed by atoms with Crippen molar-refractivity contribution in [2.24, 2.45) is 57.2 Å². The third kappa shape index (κ3) is 11.7. The minimum Gasteiger partial charge on any atom is -0.460 e. The maximum Gasteiger partial charge on any atom is 0.307 e. The summed E-state index contributed by atoms with van der Waals surface area (Å²) in [5.74, 6) is -2.69. The van der Waals surface area contributed by atoms with Crippen LogP contribution in [0.3, 0.4) is 0 Å². The Bertz CT molecular complexity index is 1680. The molecular formula is C47H71N3O10. The SMILES string of the molecule is CC(C)(C)[C@@H](CN1C(=O)C2CCC(C2)C1=O)N=C=O.C[C@@H]1OCCCCCCC[C@@H](C(=O)C(=O)CC2CC2)CC(=O)[C@@H]2[C@@H]3[C@H](CN2C(=O)[C@H]1CC(=O)OC(C)(C)C)C3(C)C. The van der Waals surface area contributed by atoms with Gasteiger partial charge in [-0.3, -0.25) is 38.5 Å². The average molecular weight is 838 g/mol. The molecule has 0 aromatic rings. The molecule has 0 aromatic carbocycles. The quantitative estimate of drug-likeness (QED) is 0.0808. The van der Waals surface area contributed by atoms with E-state index in [1.54, 1.807) is 31.8 Å². The van der Waals surface area contributed by atoms with Crippen LogP contribution < -0.4 is 0 Å². The summed E-state index contributed by atoms with van der Waals surface area (Å²) in [6.45, 7) is 18.4. The van der Waals surface area contributed by atoms with Crippen LogP contribution >= 0.6 is 0 Å². The van der Waals surface area contributed by atoms with E-state index in [1.165, 1.54) is 4.90 Å². The molecule has 6 aliphatic rings. The summed E-state index contributed by atoms with van der Waals surface area (Å²) >= 11 is 0. The molecule has 13 nitrogen and oxygen atoms in total. The van der Waals surface area contributed by atoms with Crippen LogP contribution in [0.2, 0.25) is 0 Å². The van der Waals surface area contributed by atoms with Crippen LogP contribution in [-0.4, -0.2) is 100 Å². The lowest BCUT2D eigenvalue weighted by Crippen LogP contribution is -2.51. The molecule has 3 aliphatic heterocycles. The molecule has 3 amide bonds. The number of piperidine rings is 2. The number of amides is 3. The second-order valence-corrected chi connectivity index (χ2v) is 21.3. The van der Waals surface area contributed by atoms with E-state index in [4.69, 9.17) is 9.47 Å². The van der Waals surface area contributed by atoms with Gasteiger partial charge in [-0.25, -0.2) is 9.79 Å². The number of carbonyl (C=O) groups is 7. The van der Waals surface area contributed by atoms with Gasteiger partial charge in [-0.2, -0.15) is 0 Å². The Kier molecular flexibility index (Phi) is 15.2. The first-order valence-electron chi connectivity index (χ1n) is 22.7. The number of ether oxygens (including phenoxy) is 2. The number of fused-ring (bicyclic) bond motifs is 5. The minimum atomic E-state index is -0.772. The Morgan fingerprint density at radius 3 is 2.07 bits per heavy atom. The summed E-state index contributed by atoms with van der Waals surface area (Å²) in [7, 11) is 0. The summed E-state index contributed by atoms with van der Waals surface area (Å²) in [5, 5.41) is 0. The first-order chi connectivity index (χ1) is 28.0. The fourth-order valence-electron chi connectivity index (χ4n) is 10.0. The number of esters is 1. The van der Waals surface area contributed by atoms with Gasteiger partial charge < -0.3 is 14.4 Å². The van der Waals surface area contributed by atoms with Gasteiger partial charge in [-0.15, -0.1) is 0 Å². The van der Waals surface area contributed by atoms with E-state index < -0.39 is 47.4 Å². The molecule has 334 valence electrons. The highest BCUT2D eigenvalue weighted by atomic mass is 16.6. The fourth-order valence-corrected chi connectivity index (χ4v) is 10.0. The highest BCUT2D eigenvalue weighted by molar-refractivity contribution is 6.38. The van der Waals surface area contributed by atoms with Gasteiger partial charge in [0.2, 0.25) is 29.6 Å². The second-order valence-electron chi connectivity index (χ2n) is 21.3. The molecule has 6 rings (SSSR count). The standard InChI is InChI=1S/C33H51NO7.C14H20N2O3/c1-20-23(18-27(37)41-32(2,3)4)31(39)34-19-24-28(33(24,5)6)29(34)25(35)17-22(12-10-8-7-9-11-15-40-20)30(38)26(36)16-21-13-14-21;1-14(2,3)11(15-8-17)7-16-12(18)9-4-5-10(6-9)13(16)19/h20-24,28-29H,7-19H2,1-6H3;9-11H,4-7H2,1-3H3/t20-,22+,23-,24-,28-,29+;9?,10?,11-/m01/s1. The lowest BCUT2D eigenvalue weighted by Gasteiger charge is -2.35. The molecule has 2 bridgehead atoms. The zero-order chi connectivity index (χ0) is 44.3. The smallest absolute Gasteiger partial charge is 0.307 e. The molecule has 0 spiro atoms. The molecule has 3 heterocycles. The largest absolute Gasteiger partial charge is 0.460 e. The third-order valence-electron chi connectivity index (χ3n) is 14.1. The maximum atomic E-state index is 14.2. The van der Waals surface area contributed by atoms with Crippen LogP contribution in [0.5, 0.6) is 0 Å². The fraction of sp³-hybridized carbons (Fsp3) is 0.830. The van der Waals surface area contributed by atoms with E-state index in [0.29, 0.717) is 38.3 Å². The number of nitrogens with zero attached hydrogens (tertiary/aromatic N) is 3. The zero-order valence-corrected chi connectivity index (χ0v) is 37.7. The van der Waals surface area contributed by atoms with Crippen LogP contribution in [0.15, 0.2) is 4.99 Å². The van der Waals surface area contributed by atoms with Crippen molar-refractivity contribution in [3.05, 3.63) is 0 Å². The molecule has 6 fully saturated rings. The summed E-state index contributed by atoms with van der Waals surface area (Å²) < 4.78 is 11.7. The van der Waals surface area contributed by atoms with Crippen LogP contribution in [0, 0.1) is 52.3 Å². The van der Waals surface area contributed by atoms with Gasteiger partial charge in [-0.1, -0.05) is 60.3 Å². The Labute approximate surface area is 356 Å². The zero-order valence-electron chi connectivity index (χ0n) is 37.7. The summed E-state index contributed by atoms with van der Waals surface area (Å²) in [5.41, 5.74) is -1.05. The van der Waals surface area contributed by atoms with Gasteiger partial charge in [0.05, 0.1) is 37.1 Å². The van der Waals surface area contributed by atoms with E-state index in [-0.39, 0.29) is 83.2 Å². The van der Waals surface area contributed by atoms with Crippen molar-refractivity contribution in [3.63, 3.8) is 0 Å². The number of isocyanates is 1. The van der Waals surface area contributed by atoms with E-state index in [1.807, 2.05) is 27.7 Å².